The Morgan fingerprint density at radius 1 is 0.512 bits per heavy atom. The smallest absolute Gasteiger partial charge is 0.128 e. The van der Waals surface area contributed by atoms with E-state index in [1.165, 1.54) is 115 Å². The van der Waals surface area contributed by atoms with Crippen LogP contribution in [-0.2, 0) is 0 Å². The molecular formula is C38H48O2S3. The van der Waals surface area contributed by atoms with E-state index < -0.39 is 0 Å². The van der Waals surface area contributed by atoms with Gasteiger partial charge >= 0.3 is 0 Å². The van der Waals surface area contributed by atoms with Crippen molar-refractivity contribution in [3.8, 4) is 31.7 Å². The largest absolute Gasteiger partial charge is 0.493 e. The van der Waals surface area contributed by atoms with Crippen molar-refractivity contribution in [3.05, 3.63) is 59.0 Å². The SMILES string of the molecule is CCCCCCCCOc1cc2c(cc1C)sc1cc(-c3ccc(-c4ccc(C)s4)s3)c(OCCCCCCCC)cc12. The first-order valence-corrected chi connectivity index (χ1v) is 19.0. The van der Waals surface area contributed by atoms with Crippen LogP contribution < -0.4 is 9.47 Å². The van der Waals surface area contributed by atoms with Crippen molar-refractivity contribution in [3.63, 3.8) is 0 Å². The van der Waals surface area contributed by atoms with Crippen LogP contribution in [0, 0.1) is 13.8 Å². The second kappa shape index (κ2) is 16.1. The van der Waals surface area contributed by atoms with Gasteiger partial charge in [0, 0.05) is 45.2 Å². The van der Waals surface area contributed by atoms with Gasteiger partial charge in [-0.15, -0.1) is 34.0 Å². The monoisotopic (exact) mass is 632 g/mol. The molecule has 2 nitrogen and oxygen atoms in total. The van der Waals surface area contributed by atoms with E-state index in [4.69, 9.17) is 9.47 Å². The van der Waals surface area contributed by atoms with Crippen molar-refractivity contribution in [2.24, 2.45) is 0 Å². The summed E-state index contributed by atoms with van der Waals surface area (Å²) in [4.78, 5) is 5.30. The van der Waals surface area contributed by atoms with Crippen molar-refractivity contribution in [1.29, 1.82) is 0 Å². The Kier molecular flexibility index (Phi) is 12.0. The summed E-state index contributed by atoms with van der Waals surface area (Å²) in [6.45, 7) is 10.5. The number of benzene rings is 2. The van der Waals surface area contributed by atoms with Gasteiger partial charge in [-0.3, -0.25) is 0 Å². The zero-order valence-corrected chi connectivity index (χ0v) is 29.0. The molecule has 0 fully saturated rings. The first-order chi connectivity index (χ1) is 21.1. The maximum Gasteiger partial charge on any atom is 0.128 e. The fourth-order valence-corrected chi connectivity index (χ4v) is 8.90. The lowest BCUT2D eigenvalue weighted by atomic mass is 10.1. The van der Waals surface area contributed by atoms with Crippen molar-refractivity contribution in [2.45, 2.75) is 105 Å². The molecule has 0 saturated carbocycles. The molecule has 0 N–H and O–H groups in total. The van der Waals surface area contributed by atoms with Crippen LogP contribution in [0.2, 0.25) is 0 Å². The third-order valence-corrected chi connectivity index (χ3v) is 11.7. The van der Waals surface area contributed by atoms with Crippen molar-refractivity contribution >= 4 is 54.2 Å². The van der Waals surface area contributed by atoms with E-state index in [2.05, 4.69) is 76.2 Å². The minimum absolute atomic E-state index is 0.765. The van der Waals surface area contributed by atoms with Crippen LogP contribution in [0.3, 0.4) is 0 Å². The number of thiophene rings is 3. The number of hydrogen-bond acceptors (Lipinski definition) is 5. The topological polar surface area (TPSA) is 18.5 Å². The first-order valence-electron chi connectivity index (χ1n) is 16.5. The number of unbranched alkanes of at least 4 members (excludes halogenated alkanes) is 10. The van der Waals surface area contributed by atoms with Crippen LogP contribution in [0.5, 0.6) is 11.5 Å². The van der Waals surface area contributed by atoms with E-state index in [1.807, 2.05) is 34.0 Å². The highest BCUT2D eigenvalue weighted by Gasteiger charge is 2.17. The molecule has 0 radical (unpaired) electrons. The molecule has 0 unspecified atom stereocenters. The minimum Gasteiger partial charge on any atom is -0.493 e. The van der Waals surface area contributed by atoms with E-state index in [9.17, 15) is 0 Å². The van der Waals surface area contributed by atoms with Gasteiger partial charge in [0.2, 0.25) is 0 Å². The Morgan fingerprint density at radius 2 is 1.05 bits per heavy atom. The summed E-state index contributed by atoms with van der Waals surface area (Å²) >= 11 is 5.62. The summed E-state index contributed by atoms with van der Waals surface area (Å²) in [5.41, 5.74) is 2.43. The van der Waals surface area contributed by atoms with Gasteiger partial charge in [0.25, 0.3) is 0 Å². The molecule has 0 aliphatic heterocycles. The molecule has 3 heterocycles. The molecule has 5 aromatic rings. The molecule has 3 aromatic heterocycles. The molecule has 0 spiro atoms. The summed E-state index contributed by atoms with van der Waals surface area (Å²) in [5.74, 6) is 2.03. The van der Waals surface area contributed by atoms with Gasteiger partial charge in [0.1, 0.15) is 11.5 Å². The number of fused-ring (bicyclic) bond motifs is 3. The Morgan fingerprint density at radius 3 is 1.70 bits per heavy atom. The molecule has 5 rings (SSSR count). The van der Waals surface area contributed by atoms with E-state index in [0.29, 0.717) is 0 Å². The van der Waals surface area contributed by atoms with E-state index in [1.54, 1.807) is 0 Å². The third kappa shape index (κ3) is 8.44. The van der Waals surface area contributed by atoms with Crippen LogP contribution in [0.15, 0.2) is 48.5 Å². The fraction of sp³-hybridized carbons (Fsp3) is 0.474. The summed E-state index contributed by atoms with van der Waals surface area (Å²) in [6.07, 6.45) is 15.3. The molecule has 0 aliphatic carbocycles. The quantitative estimate of drug-likeness (QED) is 0.0895. The summed E-state index contributed by atoms with van der Waals surface area (Å²) in [5, 5.41) is 2.55. The number of ether oxygens (including phenoxy) is 2. The van der Waals surface area contributed by atoms with E-state index in [0.717, 1.165) is 37.6 Å². The standard InChI is InChI=1S/C38H48O2S3/c1-5-7-9-11-13-15-21-39-32-24-29-30-25-33(40-22-16-14-12-10-8-6-2)31(26-38(30)43-37(29)23-27(32)3)34-19-20-36(42-34)35-18-17-28(4)41-35/h17-20,23-26H,5-16,21-22H2,1-4H3. The zero-order valence-electron chi connectivity index (χ0n) is 26.6. The highest BCUT2D eigenvalue weighted by atomic mass is 32.1. The van der Waals surface area contributed by atoms with Gasteiger partial charge in [-0.05, 0) is 80.8 Å². The van der Waals surface area contributed by atoms with Crippen molar-refractivity contribution in [2.75, 3.05) is 13.2 Å². The Labute approximate surface area is 271 Å². The normalized spacial score (nSPS) is 11.6. The Hall–Kier alpha value is -2.34. The highest BCUT2D eigenvalue weighted by molar-refractivity contribution is 7.26. The number of aryl methyl sites for hydroxylation is 2. The van der Waals surface area contributed by atoms with Gasteiger partial charge in [-0.25, -0.2) is 0 Å². The summed E-state index contributed by atoms with van der Waals surface area (Å²) in [7, 11) is 0. The van der Waals surface area contributed by atoms with E-state index >= 15 is 0 Å². The molecule has 0 amide bonds. The fourth-order valence-electron chi connectivity index (χ4n) is 5.71. The molecule has 0 aliphatic rings. The van der Waals surface area contributed by atoms with Gasteiger partial charge in [-0.1, -0.05) is 78.1 Å². The van der Waals surface area contributed by atoms with Gasteiger partial charge in [0.05, 0.1) is 13.2 Å². The van der Waals surface area contributed by atoms with Crippen LogP contribution in [0.4, 0.5) is 0 Å². The first kappa shape index (κ1) is 32.1. The number of hydrogen-bond donors (Lipinski definition) is 0. The average molecular weight is 633 g/mol. The minimum atomic E-state index is 0.765. The van der Waals surface area contributed by atoms with Crippen LogP contribution >= 0.6 is 34.0 Å². The summed E-state index contributed by atoms with van der Waals surface area (Å²) < 4.78 is 15.6. The van der Waals surface area contributed by atoms with Crippen LogP contribution in [-0.4, -0.2) is 13.2 Å². The predicted octanol–water partition coefficient (Wildman–Crippen LogP) is 13.6. The van der Waals surface area contributed by atoms with Crippen molar-refractivity contribution < 1.29 is 9.47 Å². The molecule has 5 heteroatoms. The lowest BCUT2D eigenvalue weighted by molar-refractivity contribution is 0.303. The molecule has 0 atom stereocenters. The average Bonchev–Trinajstić information content (AvgIpc) is 3.74. The summed E-state index contributed by atoms with van der Waals surface area (Å²) in [6, 6.07) is 18.3. The van der Waals surface area contributed by atoms with Gasteiger partial charge < -0.3 is 9.47 Å². The molecular weight excluding hydrogens is 585 g/mol. The lowest BCUT2D eigenvalue weighted by Gasteiger charge is -2.12. The Balaban J connectivity index is 1.40. The van der Waals surface area contributed by atoms with Crippen LogP contribution in [0.25, 0.3) is 40.4 Å². The highest BCUT2D eigenvalue weighted by Crippen LogP contribution is 2.46. The second-order valence-corrected chi connectivity index (χ2v) is 15.3. The van der Waals surface area contributed by atoms with Crippen LogP contribution in [0.1, 0.15) is 101 Å². The van der Waals surface area contributed by atoms with Gasteiger partial charge in [0.15, 0.2) is 0 Å². The second-order valence-electron chi connectivity index (χ2n) is 11.9. The maximum absolute atomic E-state index is 6.60. The Bertz CT molecular complexity index is 1590. The molecule has 2 aromatic carbocycles. The molecule has 0 bridgehead atoms. The van der Waals surface area contributed by atoms with Crippen molar-refractivity contribution in [1.82, 2.24) is 0 Å². The molecule has 0 saturated heterocycles. The molecule has 43 heavy (non-hydrogen) atoms. The lowest BCUT2D eigenvalue weighted by Crippen LogP contribution is -1.99. The predicted molar refractivity (Wildman–Crippen MR) is 193 cm³/mol. The van der Waals surface area contributed by atoms with E-state index in [-0.39, 0.29) is 0 Å². The third-order valence-electron chi connectivity index (χ3n) is 8.23. The molecule has 230 valence electrons. The van der Waals surface area contributed by atoms with Gasteiger partial charge in [-0.2, -0.15) is 0 Å². The maximum atomic E-state index is 6.60. The number of rotatable bonds is 18. The zero-order chi connectivity index (χ0) is 30.0.